The molecule has 0 bridgehead atoms. The van der Waals surface area contributed by atoms with E-state index >= 15 is 0 Å². The highest BCUT2D eigenvalue weighted by atomic mass is 16.5. The molecule has 0 saturated carbocycles. The molecular formula is C8H10N2O3. The maximum atomic E-state index is 10.7. The Bertz CT molecular complexity index is 345. The molecule has 13 heavy (non-hydrogen) atoms. The minimum absolute atomic E-state index is 0.465. The molecule has 1 aliphatic rings. The van der Waals surface area contributed by atoms with Crippen molar-refractivity contribution in [3.8, 4) is 0 Å². The van der Waals surface area contributed by atoms with Crippen molar-refractivity contribution in [3.05, 3.63) is 17.7 Å². The zero-order valence-corrected chi connectivity index (χ0v) is 7.23. The van der Waals surface area contributed by atoms with E-state index in [-0.39, 0.29) is 0 Å². The average molecular weight is 182 g/mol. The van der Waals surface area contributed by atoms with E-state index in [9.17, 15) is 4.79 Å². The highest BCUT2D eigenvalue weighted by molar-refractivity contribution is 5.71. The number of carboxylic acid groups (broad SMARTS) is 1. The Balaban J connectivity index is 2.36. The molecule has 70 valence electrons. The van der Waals surface area contributed by atoms with Crippen molar-refractivity contribution in [2.75, 3.05) is 0 Å². The smallest absolute Gasteiger partial charge is 0.326 e. The van der Waals surface area contributed by atoms with Gasteiger partial charge >= 0.3 is 5.97 Å². The standard InChI is InChI=1S/C8H10N2O3/c1-5(8(11)12)10-4-9-6-2-13-3-7(6)10/h4-5H,2-3H2,1H3,(H,11,12)/t5-/m0/s1. The van der Waals surface area contributed by atoms with Gasteiger partial charge in [0.15, 0.2) is 0 Å². The van der Waals surface area contributed by atoms with Gasteiger partial charge in [0.1, 0.15) is 6.04 Å². The molecule has 5 heteroatoms. The second kappa shape index (κ2) is 2.85. The lowest BCUT2D eigenvalue weighted by atomic mass is 10.3. The minimum atomic E-state index is -0.855. The van der Waals surface area contributed by atoms with E-state index in [0.29, 0.717) is 13.2 Å². The molecule has 0 aliphatic carbocycles. The van der Waals surface area contributed by atoms with Crippen LogP contribution in [0.3, 0.4) is 0 Å². The van der Waals surface area contributed by atoms with E-state index < -0.39 is 12.0 Å². The number of nitrogens with zero attached hydrogens (tertiary/aromatic N) is 2. The predicted octanol–water partition coefficient (Wildman–Crippen LogP) is 0.559. The molecule has 0 radical (unpaired) electrons. The molecule has 0 amide bonds. The first-order valence-electron chi connectivity index (χ1n) is 4.05. The van der Waals surface area contributed by atoms with Crippen LogP contribution in [0.4, 0.5) is 0 Å². The van der Waals surface area contributed by atoms with Gasteiger partial charge in [-0.15, -0.1) is 0 Å². The molecular weight excluding hydrogens is 172 g/mol. The summed E-state index contributed by atoms with van der Waals surface area (Å²) in [7, 11) is 0. The van der Waals surface area contributed by atoms with Crippen molar-refractivity contribution in [2.24, 2.45) is 0 Å². The lowest BCUT2D eigenvalue weighted by Gasteiger charge is -2.09. The van der Waals surface area contributed by atoms with Crippen LogP contribution in [0.15, 0.2) is 6.33 Å². The molecule has 0 spiro atoms. The number of hydrogen-bond donors (Lipinski definition) is 1. The van der Waals surface area contributed by atoms with Crippen LogP contribution in [0, 0.1) is 0 Å². The topological polar surface area (TPSA) is 64.3 Å². The third-order valence-corrected chi connectivity index (χ3v) is 2.23. The number of imidazole rings is 1. The predicted molar refractivity (Wildman–Crippen MR) is 43.1 cm³/mol. The van der Waals surface area contributed by atoms with Gasteiger partial charge in [0, 0.05) is 0 Å². The van der Waals surface area contributed by atoms with Gasteiger partial charge in [0.25, 0.3) is 0 Å². The summed E-state index contributed by atoms with van der Waals surface area (Å²) in [6.45, 7) is 2.59. The first kappa shape index (κ1) is 8.25. The fraction of sp³-hybridized carbons (Fsp3) is 0.500. The minimum Gasteiger partial charge on any atom is -0.480 e. The summed E-state index contributed by atoms with van der Waals surface area (Å²) in [6, 6.07) is -0.571. The molecule has 2 rings (SSSR count). The van der Waals surface area contributed by atoms with E-state index in [1.807, 2.05) is 0 Å². The normalized spacial score (nSPS) is 17.0. The first-order valence-corrected chi connectivity index (χ1v) is 4.05. The first-order chi connectivity index (χ1) is 6.20. The van der Waals surface area contributed by atoms with E-state index in [1.54, 1.807) is 17.8 Å². The Morgan fingerprint density at radius 1 is 1.77 bits per heavy atom. The summed E-state index contributed by atoms with van der Waals surface area (Å²) in [5, 5.41) is 8.80. The maximum absolute atomic E-state index is 10.7. The lowest BCUT2D eigenvalue weighted by Crippen LogP contribution is -2.16. The molecule has 1 aromatic rings. The lowest BCUT2D eigenvalue weighted by molar-refractivity contribution is -0.140. The van der Waals surface area contributed by atoms with Crippen molar-refractivity contribution in [1.82, 2.24) is 9.55 Å². The zero-order valence-electron chi connectivity index (χ0n) is 7.23. The number of carboxylic acids is 1. The van der Waals surface area contributed by atoms with Gasteiger partial charge in [-0.2, -0.15) is 0 Å². The van der Waals surface area contributed by atoms with Crippen LogP contribution in [-0.2, 0) is 22.7 Å². The van der Waals surface area contributed by atoms with Crippen molar-refractivity contribution in [1.29, 1.82) is 0 Å². The average Bonchev–Trinajstić information content (AvgIpc) is 2.61. The van der Waals surface area contributed by atoms with Crippen LogP contribution in [-0.4, -0.2) is 20.6 Å². The Hall–Kier alpha value is -1.36. The van der Waals surface area contributed by atoms with Crippen molar-refractivity contribution >= 4 is 5.97 Å². The van der Waals surface area contributed by atoms with Crippen molar-refractivity contribution in [2.45, 2.75) is 26.2 Å². The second-order valence-corrected chi connectivity index (χ2v) is 3.05. The van der Waals surface area contributed by atoms with Crippen molar-refractivity contribution in [3.63, 3.8) is 0 Å². The Kier molecular flexibility index (Phi) is 1.81. The molecule has 1 atom stereocenters. The van der Waals surface area contributed by atoms with Gasteiger partial charge < -0.3 is 14.4 Å². The van der Waals surface area contributed by atoms with Crippen LogP contribution in [0.1, 0.15) is 24.4 Å². The molecule has 5 nitrogen and oxygen atoms in total. The molecule has 0 aromatic carbocycles. The van der Waals surface area contributed by atoms with E-state index in [0.717, 1.165) is 11.4 Å². The van der Waals surface area contributed by atoms with Gasteiger partial charge in [0.05, 0.1) is 30.9 Å². The maximum Gasteiger partial charge on any atom is 0.326 e. The van der Waals surface area contributed by atoms with Crippen LogP contribution in [0.2, 0.25) is 0 Å². The summed E-state index contributed by atoms with van der Waals surface area (Å²) < 4.78 is 6.79. The van der Waals surface area contributed by atoms with Gasteiger partial charge in [0.2, 0.25) is 0 Å². The molecule has 0 saturated heterocycles. The quantitative estimate of drug-likeness (QED) is 0.725. The fourth-order valence-electron chi connectivity index (χ4n) is 1.40. The summed E-state index contributed by atoms with van der Waals surface area (Å²) in [5.74, 6) is -0.855. The van der Waals surface area contributed by atoms with Crippen molar-refractivity contribution < 1.29 is 14.6 Å². The van der Waals surface area contributed by atoms with Gasteiger partial charge in [-0.25, -0.2) is 9.78 Å². The number of ether oxygens (including phenoxy) is 1. The number of rotatable bonds is 2. The van der Waals surface area contributed by atoms with Gasteiger partial charge in [-0.05, 0) is 6.92 Å². The van der Waals surface area contributed by atoms with Crippen LogP contribution >= 0.6 is 0 Å². The highest BCUT2D eigenvalue weighted by Crippen LogP contribution is 2.21. The molecule has 1 aliphatic heterocycles. The SMILES string of the molecule is C[C@@H](C(=O)O)n1cnc2c1COC2. The summed E-state index contributed by atoms with van der Waals surface area (Å²) in [4.78, 5) is 14.8. The largest absolute Gasteiger partial charge is 0.480 e. The zero-order chi connectivity index (χ0) is 9.42. The molecule has 0 fully saturated rings. The molecule has 1 aromatic heterocycles. The Labute approximate surface area is 75.0 Å². The Morgan fingerprint density at radius 2 is 2.54 bits per heavy atom. The number of aromatic nitrogens is 2. The highest BCUT2D eigenvalue weighted by Gasteiger charge is 2.23. The van der Waals surface area contributed by atoms with E-state index in [2.05, 4.69) is 4.98 Å². The van der Waals surface area contributed by atoms with Crippen LogP contribution < -0.4 is 0 Å². The number of fused-ring (bicyclic) bond motifs is 1. The monoisotopic (exact) mass is 182 g/mol. The number of carbonyl (C=O) groups is 1. The van der Waals surface area contributed by atoms with E-state index in [1.165, 1.54) is 0 Å². The summed E-state index contributed by atoms with van der Waals surface area (Å²) in [5.41, 5.74) is 1.74. The Morgan fingerprint density at radius 3 is 3.23 bits per heavy atom. The van der Waals surface area contributed by atoms with Crippen LogP contribution in [0.5, 0.6) is 0 Å². The number of aliphatic carboxylic acids is 1. The fourth-order valence-corrected chi connectivity index (χ4v) is 1.40. The third-order valence-electron chi connectivity index (χ3n) is 2.23. The van der Waals surface area contributed by atoms with E-state index in [4.69, 9.17) is 9.84 Å². The number of hydrogen-bond acceptors (Lipinski definition) is 3. The molecule has 0 unspecified atom stereocenters. The summed E-state index contributed by atoms with van der Waals surface area (Å²) >= 11 is 0. The molecule has 1 N–H and O–H groups in total. The van der Waals surface area contributed by atoms with Gasteiger partial charge in [-0.3, -0.25) is 0 Å². The summed E-state index contributed by atoms with van der Waals surface area (Å²) in [6.07, 6.45) is 1.56. The van der Waals surface area contributed by atoms with Gasteiger partial charge in [-0.1, -0.05) is 0 Å². The van der Waals surface area contributed by atoms with Crippen LogP contribution in [0.25, 0.3) is 0 Å². The third kappa shape index (κ3) is 1.21. The second-order valence-electron chi connectivity index (χ2n) is 3.05. The molecule has 2 heterocycles.